The Hall–Kier alpha value is -1.62. The molecule has 0 aliphatic heterocycles. The Balaban J connectivity index is 3.54. The Morgan fingerprint density at radius 2 is 0.930 bits per heavy atom. The zero-order chi connectivity index (χ0) is 31.5. The number of carbonyl (C=O) groups is 2. The zero-order valence-corrected chi connectivity index (χ0v) is 28.5. The number of rotatable bonds is 33. The molecule has 0 saturated heterocycles. The molecular formula is C38H70O5. The summed E-state index contributed by atoms with van der Waals surface area (Å²) in [6.45, 7) is 4.09. The molecule has 0 spiro atoms. The second-order valence-corrected chi connectivity index (χ2v) is 12.3. The van der Waals surface area contributed by atoms with Gasteiger partial charge in [0.25, 0.3) is 0 Å². The average molecular weight is 607 g/mol. The van der Waals surface area contributed by atoms with Crippen LogP contribution >= 0.6 is 0 Å². The summed E-state index contributed by atoms with van der Waals surface area (Å²) in [4.78, 5) is 24.1. The van der Waals surface area contributed by atoms with Crippen LogP contribution in [0.25, 0.3) is 0 Å². The standard InChI is InChI=1S/C38H70O5/c1-3-5-7-9-11-13-15-16-17-18-19-20-21-22-23-25-27-29-31-33-38(41)43-36(34-39)35-42-37(40)32-30-28-26-24-14-12-10-8-6-4-2/h11,13,16-17,36,39H,3-10,12,14-15,18-35H2,1-2H3/b13-11-,17-16-. The van der Waals surface area contributed by atoms with Gasteiger partial charge in [-0.2, -0.15) is 0 Å². The predicted octanol–water partition coefficient (Wildman–Crippen LogP) is 11.1. The monoisotopic (exact) mass is 607 g/mol. The molecule has 1 atom stereocenters. The normalized spacial score (nSPS) is 12.3. The van der Waals surface area contributed by atoms with Crippen LogP contribution in [-0.4, -0.2) is 36.4 Å². The highest BCUT2D eigenvalue weighted by atomic mass is 16.6. The molecule has 5 nitrogen and oxygen atoms in total. The van der Waals surface area contributed by atoms with E-state index in [-0.39, 0.29) is 25.2 Å². The number of unbranched alkanes of at least 4 members (excludes halogenated alkanes) is 21. The first-order chi connectivity index (χ1) is 21.1. The van der Waals surface area contributed by atoms with Crippen LogP contribution in [0.4, 0.5) is 0 Å². The van der Waals surface area contributed by atoms with Crippen molar-refractivity contribution in [3.63, 3.8) is 0 Å². The van der Waals surface area contributed by atoms with Crippen molar-refractivity contribution in [2.75, 3.05) is 13.2 Å². The van der Waals surface area contributed by atoms with Crippen molar-refractivity contribution in [2.45, 2.75) is 193 Å². The number of esters is 2. The molecule has 0 bridgehead atoms. The van der Waals surface area contributed by atoms with Crippen molar-refractivity contribution in [1.82, 2.24) is 0 Å². The Kier molecular flexibility index (Phi) is 33.6. The minimum atomic E-state index is -0.767. The van der Waals surface area contributed by atoms with E-state index in [2.05, 4.69) is 38.2 Å². The molecule has 1 unspecified atom stereocenters. The van der Waals surface area contributed by atoms with E-state index in [0.29, 0.717) is 12.8 Å². The Bertz CT molecular complexity index is 657. The van der Waals surface area contributed by atoms with Crippen molar-refractivity contribution >= 4 is 11.9 Å². The van der Waals surface area contributed by atoms with Crippen LogP contribution in [0.5, 0.6) is 0 Å². The summed E-state index contributed by atoms with van der Waals surface area (Å²) in [6.07, 6.45) is 39.5. The van der Waals surface area contributed by atoms with E-state index in [4.69, 9.17) is 9.47 Å². The van der Waals surface area contributed by atoms with Crippen LogP contribution in [0.15, 0.2) is 24.3 Å². The maximum atomic E-state index is 12.1. The predicted molar refractivity (Wildman–Crippen MR) is 182 cm³/mol. The smallest absolute Gasteiger partial charge is 0.306 e. The minimum Gasteiger partial charge on any atom is -0.462 e. The third-order valence-electron chi connectivity index (χ3n) is 8.00. The van der Waals surface area contributed by atoms with Crippen molar-refractivity contribution in [3.8, 4) is 0 Å². The lowest BCUT2D eigenvalue weighted by molar-refractivity contribution is -0.161. The molecule has 0 aromatic rings. The molecular weight excluding hydrogens is 536 g/mol. The minimum absolute atomic E-state index is 0.0638. The van der Waals surface area contributed by atoms with E-state index >= 15 is 0 Å². The second-order valence-electron chi connectivity index (χ2n) is 12.3. The SMILES string of the molecule is CCCCC/C=C\C/C=C\CCCCCCCCCCCC(=O)OC(CO)COC(=O)CCCCCCCCCCCC. The van der Waals surface area contributed by atoms with Gasteiger partial charge in [0, 0.05) is 12.8 Å². The van der Waals surface area contributed by atoms with Crippen LogP contribution in [0, 0.1) is 0 Å². The van der Waals surface area contributed by atoms with Crippen LogP contribution in [-0.2, 0) is 19.1 Å². The second kappa shape index (κ2) is 34.9. The van der Waals surface area contributed by atoms with E-state index in [9.17, 15) is 14.7 Å². The molecule has 43 heavy (non-hydrogen) atoms. The fourth-order valence-electron chi connectivity index (χ4n) is 5.17. The van der Waals surface area contributed by atoms with E-state index in [1.54, 1.807) is 0 Å². The van der Waals surface area contributed by atoms with Gasteiger partial charge in [0.05, 0.1) is 6.61 Å². The number of hydrogen-bond donors (Lipinski definition) is 1. The van der Waals surface area contributed by atoms with E-state index in [0.717, 1.165) is 44.9 Å². The first-order valence-corrected chi connectivity index (χ1v) is 18.4. The summed E-state index contributed by atoms with van der Waals surface area (Å²) in [5, 5.41) is 9.51. The molecule has 1 N–H and O–H groups in total. The summed E-state index contributed by atoms with van der Waals surface area (Å²) in [5.74, 6) is -0.593. The molecule has 0 radical (unpaired) electrons. The molecule has 0 amide bonds. The average Bonchev–Trinajstić information content (AvgIpc) is 3.01. The van der Waals surface area contributed by atoms with Crippen molar-refractivity contribution < 1.29 is 24.2 Å². The van der Waals surface area contributed by atoms with Gasteiger partial charge >= 0.3 is 11.9 Å². The van der Waals surface area contributed by atoms with Gasteiger partial charge < -0.3 is 14.6 Å². The summed E-state index contributed by atoms with van der Waals surface area (Å²) in [5.41, 5.74) is 0. The number of hydrogen-bond acceptors (Lipinski definition) is 5. The highest BCUT2D eigenvalue weighted by Crippen LogP contribution is 2.14. The topological polar surface area (TPSA) is 72.8 Å². The molecule has 252 valence electrons. The summed E-state index contributed by atoms with van der Waals surface area (Å²) in [7, 11) is 0. The largest absolute Gasteiger partial charge is 0.462 e. The lowest BCUT2D eigenvalue weighted by Gasteiger charge is -2.15. The third kappa shape index (κ3) is 33.1. The lowest BCUT2D eigenvalue weighted by atomic mass is 10.1. The highest BCUT2D eigenvalue weighted by Gasteiger charge is 2.16. The van der Waals surface area contributed by atoms with Crippen LogP contribution in [0.3, 0.4) is 0 Å². The Morgan fingerprint density at radius 1 is 0.535 bits per heavy atom. The van der Waals surface area contributed by atoms with Crippen molar-refractivity contribution in [3.05, 3.63) is 24.3 Å². The molecule has 0 rings (SSSR count). The first kappa shape index (κ1) is 41.4. The van der Waals surface area contributed by atoms with Crippen molar-refractivity contribution in [2.24, 2.45) is 0 Å². The Morgan fingerprint density at radius 3 is 1.42 bits per heavy atom. The van der Waals surface area contributed by atoms with Gasteiger partial charge in [0.15, 0.2) is 6.10 Å². The van der Waals surface area contributed by atoms with Crippen LogP contribution in [0.2, 0.25) is 0 Å². The number of ether oxygens (including phenoxy) is 2. The Labute approximate surface area is 266 Å². The van der Waals surface area contributed by atoms with E-state index in [1.807, 2.05) is 0 Å². The van der Waals surface area contributed by atoms with Gasteiger partial charge in [0.2, 0.25) is 0 Å². The first-order valence-electron chi connectivity index (χ1n) is 18.4. The fourth-order valence-corrected chi connectivity index (χ4v) is 5.17. The summed E-state index contributed by atoms with van der Waals surface area (Å²) in [6, 6.07) is 0. The number of allylic oxidation sites excluding steroid dienone is 4. The maximum Gasteiger partial charge on any atom is 0.306 e. The van der Waals surface area contributed by atoms with Crippen LogP contribution < -0.4 is 0 Å². The molecule has 0 aliphatic rings. The van der Waals surface area contributed by atoms with Gasteiger partial charge in [-0.15, -0.1) is 0 Å². The molecule has 0 heterocycles. The van der Waals surface area contributed by atoms with Gasteiger partial charge in [-0.25, -0.2) is 0 Å². The van der Waals surface area contributed by atoms with Gasteiger partial charge in [-0.1, -0.05) is 154 Å². The molecule has 5 heteroatoms. The molecule has 0 aromatic heterocycles. The molecule has 0 saturated carbocycles. The lowest BCUT2D eigenvalue weighted by Crippen LogP contribution is -2.28. The number of aliphatic hydroxyl groups excluding tert-OH is 1. The van der Waals surface area contributed by atoms with Gasteiger partial charge in [-0.05, 0) is 44.9 Å². The summed E-state index contributed by atoms with van der Waals surface area (Å²) >= 11 is 0. The molecule has 0 aromatic carbocycles. The number of carbonyl (C=O) groups excluding carboxylic acids is 2. The van der Waals surface area contributed by atoms with Crippen molar-refractivity contribution in [1.29, 1.82) is 0 Å². The molecule has 0 fully saturated rings. The van der Waals surface area contributed by atoms with E-state index in [1.165, 1.54) is 116 Å². The number of aliphatic hydroxyl groups is 1. The van der Waals surface area contributed by atoms with Crippen LogP contribution in [0.1, 0.15) is 187 Å². The quantitative estimate of drug-likeness (QED) is 0.0457. The van der Waals surface area contributed by atoms with E-state index < -0.39 is 6.10 Å². The fraction of sp³-hybridized carbons (Fsp3) is 0.842. The van der Waals surface area contributed by atoms with Gasteiger partial charge in [0.1, 0.15) is 6.61 Å². The highest BCUT2D eigenvalue weighted by molar-refractivity contribution is 5.70. The maximum absolute atomic E-state index is 12.1. The molecule has 0 aliphatic carbocycles. The zero-order valence-electron chi connectivity index (χ0n) is 28.5. The summed E-state index contributed by atoms with van der Waals surface area (Å²) < 4.78 is 10.6. The third-order valence-corrected chi connectivity index (χ3v) is 8.00. The van der Waals surface area contributed by atoms with Gasteiger partial charge in [-0.3, -0.25) is 9.59 Å².